The van der Waals surface area contributed by atoms with E-state index in [0.717, 1.165) is 5.56 Å². The Morgan fingerprint density at radius 2 is 1.34 bits per heavy atom. The van der Waals surface area contributed by atoms with Crippen molar-refractivity contribution in [3.05, 3.63) is 140 Å². The number of carboxylic acid groups (broad SMARTS) is 1. The number of carboxylic acids is 1. The molecule has 0 unspecified atom stereocenters. The summed E-state index contributed by atoms with van der Waals surface area (Å²) >= 11 is 18.4. The lowest BCUT2D eigenvalue weighted by atomic mass is 9.99. The molecule has 0 aliphatic carbocycles. The van der Waals surface area contributed by atoms with Gasteiger partial charge in [-0.05, 0) is 47.5 Å². The highest BCUT2D eigenvalue weighted by molar-refractivity contribution is 6.36. The number of carbonyl (C=O) groups excluding carboxylic acids is 2. The summed E-state index contributed by atoms with van der Waals surface area (Å²) < 4.78 is 0. The molecule has 1 N–H and O–H groups in total. The van der Waals surface area contributed by atoms with Crippen molar-refractivity contribution < 1.29 is 19.5 Å². The number of carbonyl (C=O) groups is 3. The van der Waals surface area contributed by atoms with Crippen LogP contribution in [0, 0.1) is 0 Å². The average molecular weight is 567 g/mol. The molecule has 0 bridgehead atoms. The number of ketones is 1. The number of hydrogen-bond donors (Lipinski definition) is 1. The molecule has 0 saturated heterocycles. The fourth-order valence-corrected chi connectivity index (χ4v) is 4.79. The Morgan fingerprint density at radius 1 is 0.711 bits per heavy atom. The van der Waals surface area contributed by atoms with Crippen molar-refractivity contribution in [1.82, 2.24) is 4.90 Å². The Labute approximate surface area is 235 Å². The van der Waals surface area contributed by atoms with Gasteiger partial charge in [-0.3, -0.25) is 9.59 Å². The van der Waals surface area contributed by atoms with Crippen LogP contribution in [0.3, 0.4) is 0 Å². The lowest BCUT2D eigenvalue weighted by Gasteiger charge is -2.30. The van der Waals surface area contributed by atoms with Crippen LogP contribution < -0.4 is 0 Å². The average Bonchev–Trinajstić information content (AvgIpc) is 2.90. The summed E-state index contributed by atoms with van der Waals surface area (Å²) in [6.45, 7) is -0.0712. The molecule has 0 fully saturated rings. The highest BCUT2D eigenvalue weighted by Gasteiger charge is 2.32. The van der Waals surface area contributed by atoms with E-state index in [4.69, 9.17) is 34.8 Å². The molecule has 0 radical (unpaired) electrons. The standard InChI is InChI=1S/C30H22Cl3NO4/c31-23-11-5-10-22(16-23)28(35)21-9-4-8-20(14-21)18-34(29(36)25-13-12-24(32)17-26(25)33)27(30(37)38)15-19-6-2-1-3-7-19/h1-14,16-17,27H,15,18H2,(H,37,38)/t27-/m0/s1. The van der Waals surface area contributed by atoms with Crippen LogP contribution >= 0.6 is 34.8 Å². The van der Waals surface area contributed by atoms with E-state index in [0.29, 0.717) is 26.7 Å². The largest absolute Gasteiger partial charge is 0.480 e. The lowest BCUT2D eigenvalue weighted by molar-refractivity contribution is -0.142. The van der Waals surface area contributed by atoms with Gasteiger partial charge in [0.15, 0.2) is 5.78 Å². The fraction of sp³-hybridized carbons (Fsp3) is 0.100. The third-order valence-corrected chi connectivity index (χ3v) is 6.77. The number of hydrogen-bond acceptors (Lipinski definition) is 3. The number of rotatable bonds is 9. The van der Waals surface area contributed by atoms with Gasteiger partial charge < -0.3 is 10.0 Å². The fourth-order valence-electron chi connectivity index (χ4n) is 4.11. The van der Waals surface area contributed by atoms with Gasteiger partial charge in [0, 0.05) is 34.1 Å². The zero-order valence-corrected chi connectivity index (χ0v) is 22.3. The topological polar surface area (TPSA) is 74.7 Å². The molecule has 0 heterocycles. The summed E-state index contributed by atoms with van der Waals surface area (Å²) in [5.41, 5.74) is 2.27. The SMILES string of the molecule is O=C(c1cccc(Cl)c1)c1cccc(CN(C(=O)c2ccc(Cl)cc2Cl)[C@@H](Cc2ccccc2)C(=O)O)c1. The smallest absolute Gasteiger partial charge is 0.326 e. The second-order valence-electron chi connectivity index (χ2n) is 8.64. The van der Waals surface area contributed by atoms with E-state index in [2.05, 4.69) is 0 Å². The molecule has 4 aromatic rings. The first kappa shape index (κ1) is 27.4. The zero-order valence-electron chi connectivity index (χ0n) is 20.0. The molecule has 4 aromatic carbocycles. The molecular weight excluding hydrogens is 545 g/mol. The second kappa shape index (κ2) is 12.3. The van der Waals surface area contributed by atoms with E-state index in [-0.39, 0.29) is 29.3 Å². The molecule has 4 rings (SSSR count). The molecule has 1 atom stereocenters. The minimum atomic E-state index is -1.20. The zero-order chi connectivity index (χ0) is 27.2. The molecule has 8 heteroatoms. The monoisotopic (exact) mass is 565 g/mol. The van der Waals surface area contributed by atoms with Crippen molar-refractivity contribution in [2.45, 2.75) is 19.0 Å². The van der Waals surface area contributed by atoms with Crippen LogP contribution in [0.4, 0.5) is 0 Å². The second-order valence-corrected chi connectivity index (χ2v) is 9.92. The summed E-state index contributed by atoms with van der Waals surface area (Å²) in [5.74, 6) is -1.98. The highest BCUT2D eigenvalue weighted by Crippen LogP contribution is 2.26. The molecule has 38 heavy (non-hydrogen) atoms. The molecule has 192 valence electrons. The Hall–Kier alpha value is -3.64. The number of nitrogens with zero attached hydrogens (tertiary/aromatic N) is 1. The first-order chi connectivity index (χ1) is 18.2. The summed E-state index contributed by atoms with van der Waals surface area (Å²) in [5, 5.41) is 11.1. The molecule has 1 amide bonds. The first-order valence-corrected chi connectivity index (χ1v) is 12.8. The van der Waals surface area contributed by atoms with Crippen molar-refractivity contribution in [2.24, 2.45) is 0 Å². The summed E-state index contributed by atoms with van der Waals surface area (Å²) in [4.78, 5) is 40.6. The van der Waals surface area contributed by atoms with Crippen molar-refractivity contribution in [3.8, 4) is 0 Å². The summed E-state index contributed by atoms with van der Waals surface area (Å²) in [6, 6.07) is 25.6. The predicted octanol–water partition coefficient (Wildman–Crippen LogP) is 7.22. The summed E-state index contributed by atoms with van der Waals surface area (Å²) in [7, 11) is 0. The summed E-state index contributed by atoms with van der Waals surface area (Å²) in [6.07, 6.45) is 0.0776. The van der Waals surface area contributed by atoms with Crippen LogP contribution in [0.1, 0.15) is 37.4 Å². The van der Waals surface area contributed by atoms with Crippen molar-refractivity contribution in [2.75, 3.05) is 0 Å². The molecule has 0 spiro atoms. The van der Waals surface area contributed by atoms with Crippen LogP contribution in [0.2, 0.25) is 15.1 Å². The van der Waals surface area contributed by atoms with E-state index in [1.165, 1.54) is 23.1 Å². The highest BCUT2D eigenvalue weighted by atomic mass is 35.5. The van der Waals surface area contributed by atoms with Crippen molar-refractivity contribution in [3.63, 3.8) is 0 Å². The Morgan fingerprint density at radius 3 is 2.00 bits per heavy atom. The molecule has 5 nitrogen and oxygen atoms in total. The van der Waals surface area contributed by atoms with Crippen LogP contribution in [0.5, 0.6) is 0 Å². The number of halogens is 3. The van der Waals surface area contributed by atoms with E-state index in [1.54, 1.807) is 72.8 Å². The minimum Gasteiger partial charge on any atom is -0.480 e. The lowest BCUT2D eigenvalue weighted by Crippen LogP contribution is -2.46. The van der Waals surface area contributed by atoms with Crippen molar-refractivity contribution in [1.29, 1.82) is 0 Å². The van der Waals surface area contributed by atoms with Gasteiger partial charge >= 0.3 is 5.97 Å². The third-order valence-electron chi connectivity index (χ3n) is 5.98. The van der Waals surface area contributed by atoms with Gasteiger partial charge in [0.25, 0.3) is 5.91 Å². The van der Waals surface area contributed by atoms with Gasteiger partial charge in [-0.2, -0.15) is 0 Å². The first-order valence-electron chi connectivity index (χ1n) is 11.6. The van der Waals surface area contributed by atoms with E-state index >= 15 is 0 Å². The minimum absolute atomic E-state index is 0.0712. The Kier molecular flexibility index (Phi) is 8.85. The van der Waals surface area contributed by atoms with Crippen molar-refractivity contribution >= 4 is 52.5 Å². The van der Waals surface area contributed by atoms with Gasteiger partial charge in [-0.25, -0.2) is 4.79 Å². The number of amides is 1. The Balaban J connectivity index is 1.72. The number of benzene rings is 4. The quantitative estimate of drug-likeness (QED) is 0.217. The Bertz CT molecular complexity index is 1490. The number of aliphatic carboxylic acids is 1. The van der Waals surface area contributed by atoms with E-state index in [1.807, 2.05) is 6.07 Å². The van der Waals surface area contributed by atoms with E-state index < -0.39 is 17.9 Å². The van der Waals surface area contributed by atoms with Crippen LogP contribution in [-0.4, -0.2) is 33.7 Å². The predicted molar refractivity (Wildman–Crippen MR) is 149 cm³/mol. The third kappa shape index (κ3) is 6.62. The molecule has 0 aromatic heterocycles. The molecule has 0 saturated carbocycles. The van der Waals surface area contributed by atoms with Crippen LogP contribution in [-0.2, 0) is 17.8 Å². The van der Waals surface area contributed by atoms with Gasteiger partial charge in [0.05, 0.1) is 10.6 Å². The maximum Gasteiger partial charge on any atom is 0.326 e. The molecule has 0 aliphatic rings. The van der Waals surface area contributed by atoms with Crippen LogP contribution in [0.15, 0.2) is 97.1 Å². The van der Waals surface area contributed by atoms with Gasteiger partial charge in [-0.1, -0.05) is 95.5 Å². The maximum atomic E-state index is 13.7. The van der Waals surface area contributed by atoms with E-state index in [9.17, 15) is 19.5 Å². The maximum absolute atomic E-state index is 13.7. The van der Waals surface area contributed by atoms with Gasteiger partial charge in [0.1, 0.15) is 6.04 Å². The molecule has 0 aliphatic heterocycles. The van der Waals surface area contributed by atoms with Gasteiger partial charge in [0.2, 0.25) is 0 Å². The molecular formula is C30H22Cl3NO4. The van der Waals surface area contributed by atoms with Crippen LogP contribution in [0.25, 0.3) is 0 Å². The normalized spacial score (nSPS) is 11.6. The van der Waals surface area contributed by atoms with Gasteiger partial charge in [-0.15, -0.1) is 0 Å².